The molecular formula is C42H45O10P. The molecule has 10 nitrogen and oxygen atoms in total. The normalized spacial score (nSPS) is 25.2. The maximum atomic E-state index is 14.8. The van der Waals surface area contributed by atoms with E-state index in [2.05, 4.69) is 0 Å². The van der Waals surface area contributed by atoms with Crippen LogP contribution in [0.4, 0.5) is 0 Å². The third-order valence-corrected chi connectivity index (χ3v) is 10.9. The lowest BCUT2D eigenvalue weighted by molar-refractivity contribution is -0.458. The van der Waals surface area contributed by atoms with Crippen LogP contribution < -0.4 is 0 Å². The van der Waals surface area contributed by atoms with Crippen LogP contribution in [0.2, 0.25) is 0 Å². The zero-order valence-corrected chi connectivity index (χ0v) is 30.3. The molecule has 0 radical (unpaired) electrons. The van der Waals surface area contributed by atoms with E-state index in [-0.39, 0.29) is 26.1 Å². The summed E-state index contributed by atoms with van der Waals surface area (Å²) in [4.78, 5) is 0. The first-order chi connectivity index (χ1) is 25.6. The molecule has 4 N–H and O–H groups in total. The summed E-state index contributed by atoms with van der Waals surface area (Å²) >= 11 is 0. The van der Waals surface area contributed by atoms with Gasteiger partial charge in [0, 0.05) is 26.4 Å². The number of hydrogen-bond donors (Lipinski definition) is 4. The van der Waals surface area contributed by atoms with Crippen LogP contribution >= 0.6 is 7.82 Å². The van der Waals surface area contributed by atoms with Crippen LogP contribution in [-0.4, -0.2) is 63.0 Å². The molecule has 5 aromatic carbocycles. The van der Waals surface area contributed by atoms with Gasteiger partial charge in [-0.1, -0.05) is 152 Å². The van der Waals surface area contributed by atoms with Crippen LogP contribution in [0.1, 0.15) is 27.8 Å². The standard InChI is InChI=1S/C42H45O10P/c1-48-42(46)40(44,28-33-19-9-3-10-20-33)38(37(43)27-32-17-7-2-8-18-32)51-39(41(42,45)29-34-21-11-4-12-22-34)52-53(47,49-30-35-23-13-5-14-24-35)50-31-36-25-15-6-16-26-36/h2-26,37-39,43-46H,27-31H2,1H3/t37?,38-,39-,40-,41+,42-/m1/s1. The monoisotopic (exact) mass is 740 g/mol. The van der Waals surface area contributed by atoms with Gasteiger partial charge in [0.2, 0.25) is 12.1 Å². The second-order valence-electron chi connectivity index (χ2n) is 13.2. The molecule has 1 aliphatic heterocycles. The van der Waals surface area contributed by atoms with Gasteiger partial charge in [-0.3, -0.25) is 13.6 Å². The van der Waals surface area contributed by atoms with Gasteiger partial charge >= 0.3 is 7.82 Å². The van der Waals surface area contributed by atoms with E-state index in [9.17, 15) is 25.0 Å². The predicted octanol–water partition coefficient (Wildman–Crippen LogP) is 6.16. The number of methoxy groups -OCH3 is 1. The highest BCUT2D eigenvalue weighted by Gasteiger charge is 2.75. The summed E-state index contributed by atoms with van der Waals surface area (Å²) in [5.41, 5.74) is -2.15. The maximum Gasteiger partial charge on any atom is 0.477 e. The van der Waals surface area contributed by atoms with Crippen LogP contribution in [0.5, 0.6) is 0 Å². The van der Waals surface area contributed by atoms with Gasteiger partial charge in [0.05, 0.1) is 19.3 Å². The van der Waals surface area contributed by atoms with Crippen molar-refractivity contribution in [2.75, 3.05) is 7.11 Å². The van der Waals surface area contributed by atoms with Gasteiger partial charge in [-0.2, -0.15) is 0 Å². The fourth-order valence-corrected chi connectivity index (χ4v) is 8.10. The van der Waals surface area contributed by atoms with Gasteiger partial charge in [-0.05, 0) is 27.8 Å². The molecule has 5 aromatic rings. The number of phosphoric acid groups is 1. The van der Waals surface area contributed by atoms with E-state index in [1.807, 2.05) is 18.2 Å². The van der Waals surface area contributed by atoms with Crippen LogP contribution in [0.25, 0.3) is 0 Å². The number of hydrogen-bond acceptors (Lipinski definition) is 10. The molecule has 0 bridgehead atoms. The molecule has 6 rings (SSSR count). The van der Waals surface area contributed by atoms with E-state index >= 15 is 0 Å². The molecular weight excluding hydrogens is 695 g/mol. The summed E-state index contributed by atoms with van der Waals surface area (Å²) in [6.45, 7) is -0.410. The molecule has 0 aliphatic carbocycles. The highest BCUT2D eigenvalue weighted by atomic mass is 31.2. The Morgan fingerprint density at radius 2 is 0.981 bits per heavy atom. The minimum absolute atomic E-state index is 0.0289. The minimum atomic E-state index is -4.72. The third kappa shape index (κ3) is 8.70. The van der Waals surface area contributed by atoms with E-state index in [0.29, 0.717) is 27.8 Å². The van der Waals surface area contributed by atoms with Crippen molar-refractivity contribution in [2.45, 2.75) is 68.0 Å². The SMILES string of the molecule is CO[C@]1(O)[C@@](O)(Cc2ccccc2)[C@@H](C(O)Cc2ccccc2)O[C@H](OP(=O)(OCc2ccccc2)OCc2ccccc2)[C@@]1(O)Cc1ccccc1. The van der Waals surface area contributed by atoms with Gasteiger partial charge in [-0.15, -0.1) is 0 Å². The van der Waals surface area contributed by atoms with Crippen molar-refractivity contribution in [3.05, 3.63) is 179 Å². The first-order valence-corrected chi connectivity index (χ1v) is 18.9. The molecule has 53 heavy (non-hydrogen) atoms. The summed E-state index contributed by atoms with van der Waals surface area (Å²) in [6, 6.07) is 44.4. The molecule has 278 valence electrons. The number of ether oxygens (including phenoxy) is 2. The fourth-order valence-electron chi connectivity index (χ4n) is 6.83. The molecule has 1 aliphatic rings. The molecule has 1 fully saturated rings. The lowest BCUT2D eigenvalue weighted by Crippen LogP contribution is -2.83. The van der Waals surface area contributed by atoms with Crippen molar-refractivity contribution in [1.29, 1.82) is 0 Å². The topological polar surface area (TPSA) is 144 Å². The fraction of sp³-hybridized carbons (Fsp3) is 0.286. The molecule has 1 heterocycles. The molecule has 0 spiro atoms. The van der Waals surface area contributed by atoms with Crippen molar-refractivity contribution >= 4 is 7.82 Å². The van der Waals surface area contributed by atoms with Crippen molar-refractivity contribution in [1.82, 2.24) is 0 Å². The predicted molar refractivity (Wildman–Crippen MR) is 198 cm³/mol. The van der Waals surface area contributed by atoms with Crippen LogP contribution in [0, 0.1) is 0 Å². The van der Waals surface area contributed by atoms with Crippen LogP contribution in [-0.2, 0) is 60.1 Å². The van der Waals surface area contributed by atoms with Crippen molar-refractivity contribution in [3.63, 3.8) is 0 Å². The Morgan fingerprint density at radius 1 is 0.604 bits per heavy atom. The van der Waals surface area contributed by atoms with Crippen molar-refractivity contribution < 1.29 is 48.0 Å². The highest BCUT2D eigenvalue weighted by Crippen LogP contribution is 2.58. The Kier molecular flexibility index (Phi) is 12.4. The second-order valence-corrected chi connectivity index (χ2v) is 14.9. The molecule has 0 aromatic heterocycles. The zero-order chi connectivity index (χ0) is 37.4. The molecule has 6 atom stereocenters. The number of aliphatic hydroxyl groups is 4. The Bertz CT molecular complexity index is 1860. The molecule has 1 saturated heterocycles. The Labute approximate surface area is 309 Å². The van der Waals surface area contributed by atoms with Crippen LogP contribution in [0.3, 0.4) is 0 Å². The summed E-state index contributed by atoms with van der Waals surface area (Å²) < 4.78 is 45.0. The Balaban J connectivity index is 1.46. The Hall–Kier alpha value is -4.03. The zero-order valence-electron chi connectivity index (χ0n) is 29.4. The quantitative estimate of drug-likeness (QED) is 0.0687. The van der Waals surface area contributed by atoms with Gasteiger partial charge < -0.3 is 29.9 Å². The molecule has 11 heteroatoms. The number of aliphatic hydroxyl groups excluding tert-OH is 1. The number of benzene rings is 5. The third-order valence-electron chi connectivity index (χ3n) is 9.56. The van der Waals surface area contributed by atoms with E-state index in [1.54, 1.807) is 133 Å². The lowest BCUT2D eigenvalue weighted by Gasteiger charge is -2.60. The van der Waals surface area contributed by atoms with Crippen LogP contribution in [0.15, 0.2) is 152 Å². The summed E-state index contributed by atoms with van der Waals surface area (Å²) in [7, 11) is -3.59. The van der Waals surface area contributed by atoms with Gasteiger partial charge in [0.15, 0.2) is 11.2 Å². The summed E-state index contributed by atoms with van der Waals surface area (Å²) in [6.07, 6.45) is -6.03. The van der Waals surface area contributed by atoms with E-state index in [4.69, 9.17) is 23.0 Å². The van der Waals surface area contributed by atoms with Gasteiger partial charge in [0.25, 0.3) is 0 Å². The highest BCUT2D eigenvalue weighted by molar-refractivity contribution is 7.48. The van der Waals surface area contributed by atoms with E-state index in [1.165, 1.54) is 0 Å². The van der Waals surface area contributed by atoms with E-state index < -0.39 is 49.7 Å². The molecule has 1 unspecified atom stereocenters. The summed E-state index contributed by atoms with van der Waals surface area (Å²) in [5.74, 6) is -2.93. The van der Waals surface area contributed by atoms with E-state index in [0.717, 1.165) is 7.11 Å². The second kappa shape index (κ2) is 17.0. The first-order valence-electron chi connectivity index (χ1n) is 17.4. The summed E-state index contributed by atoms with van der Waals surface area (Å²) in [5, 5.41) is 50.6. The molecule has 0 saturated carbocycles. The number of rotatable bonds is 16. The first kappa shape index (κ1) is 38.7. The van der Waals surface area contributed by atoms with Crippen molar-refractivity contribution in [2.24, 2.45) is 0 Å². The lowest BCUT2D eigenvalue weighted by atomic mass is 9.67. The minimum Gasteiger partial charge on any atom is -0.390 e. The van der Waals surface area contributed by atoms with Gasteiger partial charge in [-0.25, -0.2) is 4.57 Å². The molecule has 0 amide bonds. The largest absolute Gasteiger partial charge is 0.477 e. The smallest absolute Gasteiger partial charge is 0.390 e. The average molecular weight is 741 g/mol. The average Bonchev–Trinajstić information content (AvgIpc) is 3.19. The van der Waals surface area contributed by atoms with Gasteiger partial charge in [0.1, 0.15) is 6.10 Å². The van der Waals surface area contributed by atoms with Crippen molar-refractivity contribution in [3.8, 4) is 0 Å². The maximum absolute atomic E-state index is 14.8. The Morgan fingerprint density at radius 3 is 1.40 bits per heavy atom. The number of phosphoric ester groups is 1.